The smallest absolute Gasteiger partial charge is 0.340 e. The fourth-order valence-corrected chi connectivity index (χ4v) is 2.31. The fourth-order valence-electron chi connectivity index (χ4n) is 1.93. The Hall–Kier alpha value is -2.04. The van der Waals surface area contributed by atoms with Gasteiger partial charge in [-0.05, 0) is 43.3 Å². The zero-order chi connectivity index (χ0) is 17.0. The van der Waals surface area contributed by atoms with E-state index in [1.807, 2.05) is 0 Å². The molecule has 0 aliphatic rings. The molecule has 0 unspecified atom stereocenters. The number of hydrogen-bond acceptors (Lipinski definition) is 4. The van der Waals surface area contributed by atoms with Gasteiger partial charge in [-0.3, -0.25) is 4.79 Å². The predicted molar refractivity (Wildman–Crippen MR) is 88.7 cm³/mol. The van der Waals surface area contributed by atoms with Gasteiger partial charge in [0.1, 0.15) is 5.75 Å². The van der Waals surface area contributed by atoms with Crippen molar-refractivity contribution in [2.45, 2.75) is 13.0 Å². The van der Waals surface area contributed by atoms with Crippen LogP contribution < -0.4 is 4.74 Å². The number of halogens is 2. The number of carbonyl (C=O) groups is 2. The van der Waals surface area contributed by atoms with Gasteiger partial charge < -0.3 is 9.47 Å². The molecule has 6 heteroatoms. The van der Waals surface area contributed by atoms with Crippen molar-refractivity contribution in [2.75, 3.05) is 7.11 Å². The highest BCUT2D eigenvalue weighted by atomic mass is 35.5. The van der Waals surface area contributed by atoms with E-state index in [0.717, 1.165) is 0 Å². The number of ether oxygens (including phenoxy) is 2. The maximum absolute atomic E-state index is 12.3. The number of benzene rings is 2. The molecule has 0 saturated heterocycles. The molecule has 0 aromatic heterocycles. The van der Waals surface area contributed by atoms with Crippen LogP contribution in [-0.4, -0.2) is 25.0 Å². The summed E-state index contributed by atoms with van der Waals surface area (Å²) in [6.45, 7) is 1.50. The second-order valence-electron chi connectivity index (χ2n) is 4.74. The van der Waals surface area contributed by atoms with E-state index in [9.17, 15) is 9.59 Å². The highest BCUT2D eigenvalue weighted by molar-refractivity contribution is 6.43. The first kappa shape index (κ1) is 17.3. The predicted octanol–water partition coefficient (Wildman–Crippen LogP) is 4.43. The number of rotatable bonds is 5. The zero-order valence-corrected chi connectivity index (χ0v) is 14.0. The molecule has 120 valence electrons. The Morgan fingerprint density at radius 2 is 1.70 bits per heavy atom. The van der Waals surface area contributed by atoms with E-state index in [-0.39, 0.29) is 21.4 Å². The van der Waals surface area contributed by atoms with Gasteiger partial charge in [-0.15, -0.1) is 0 Å². The molecule has 2 aromatic carbocycles. The van der Waals surface area contributed by atoms with Gasteiger partial charge in [-0.1, -0.05) is 29.3 Å². The second-order valence-corrected chi connectivity index (χ2v) is 5.53. The maximum Gasteiger partial charge on any atom is 0.340 e. The average molecular weight is 353 g/mol. The molecular weight excluding hydrogens is 339 g/mol. The minimum absolute atomic E-state index is 0.100. The Morgan fingerprint density at radius 3 is 2.30 bits per heavy atom. The van der Waals surface area contributed by atoms with E-state index in [1.165, 1.54) is 20.1 Å². The monoisotopic (exact) mass is 352 g/mol. The minimum Gasteiger partial charge on any atom is -0.497 e. The molecule has 0 amide bonds. The number of carbonyl (C=O) groups excluding carboxylic acids is 2. The van der Waals surface area contributed by atoms with E-state index in [0.29, 0.717) is 11.3 Å². The molecule has 0 aliphatic carbocycles. The topological polar surface area (TPSA) is 52.6 Å². The summed E-state index contributed by atoms with van der Waals surface area (Å²) in [4.78, 5) is 24.4. The SMILES string of the molecule is COc1ccc(C(=O)[C@H](C)OC(=O)c2cccc(Cl)c2Cl)cc1. The fraction of sp³-hybridized carbons (Fsp3) is 0.176. The summed E-state index contributed by atoms with van der Waals surface area (Å²) in [6, 6.07) is 11.2. The first-order chi connectivity index (χ1) is 10.9. The molecule has 0 spiro atoms. The van der Waals surface area contributed by atoms with E-state index >= 15 is 0 Å². The molecule has 0 bridgehead atoms. The van der Waals surface area contributed by atoms with Crippen LogP contribution in [0.5, 0.6) is 5.75 Å². The Morgan fingerprint density at radius 1 is 1.04 bits per heavy atom. The largest absolute Gasteiger partial charge is 0.497 e. The average Bonchev–Trinajstić information content (AvgIpc) is 2.56. The van der Waals surface area contributed by atoms with Gasteiger partial charge in [0.05, 0.1) is 22.7 Å². The van der Waals surface area contributed by atoms with Crippen LogP contribution in [0, 0.1) is 0 Å². The van der Waals surface area contributed by atoms with Crippen LogP contribution in [0.2, 0.25) is 10.0 Å². The van der Waals surface area contributed by atoms with Crippen molar-refractivity contribution in [2.24, 2.45) is 0 Å². The number of esters is 1. The molecule has 0 saturated carbocycles. The molecule has 23 heavy (non-hydrogen) atoms. The van der Waals surface area contributed by atoms with Gasteiger partial charge in [-0.2, -0.15) is 0 Å². The Kier molecular flexibility index (Phi) is 5.64. The van der Waals surface area contributed by atoms with Gasteiger partial charge in [0, 0.05) is 5.56 Å². The quantitative estimate of drug-likeness (QED) is 0.589. The Balaban J connectivity index is 2.11. The lowest BCUT2D eigenvalue weighted by Crippen LogP contribution is -2.24. The summed E-state index contributed by atoms with van der Waals surface area (Å²) in [7, 11) is 1.54. The van der Waals surface area contributed by atoms with Crippen molar-refractivity contribution in [1.29, 1.82) is 0 Å². The van der Waals surface area contributed by atoms with Crippen LogP contribution in [0.15, 0.2) is 42.5 Å². The lowest BCUT2D eigenvalue weighted by molar-refractivity contribution is 0.0319. The maximum atomic E-state index is 12.3. The van der Waals surface area contributed by atoms with Crippen molar-refractivity contribution in [3.63, 3.8) is 0 Å². The highest BCUT2D eigenvalue weighted by Gasteiger charge is 2.22. The molecule has 2 rings (SSSR count). The van der Waals surface area contributed by atoms with Crippen molar-refractivity contribution in [3.05, 3.63) is 63.6 Å². The summed E-state index contributed by atoms with van der Waals surface area (Å²) in [6.07, 6.45) is -0.953. The van der Waals surface area contributed by atoms with Crippen LogP contribution in [0.25, 0.3) is 0 Å². The van der Waals surface area contributed by atoms with E-state index in [4.69, 9.17) is 32.7 Å². The lowest BCUT2D eigenvalue weighted by atomic mass is 10.1. The third-order valence-corrected chi connectivity index (χ3v) is 4.02. The third kappa shape index (κ3) is 4.03. The molecular formula is C17H14Cl2O4. The van der Waals surface area contributed by atoms with Gasteiger partial charge in [0.25, 0.3) is 0 Å². The number of methoxy groups -OCH3 is 1. The molecule has 1 atom stereocenters. The number of ketones is 1. The van der Waals surface area contributed by atoms with Gasteiger partial charge >= 0.3 is 5.97 Å². The van der Waals surface area contributed by atoms with Crippen LogP contribution in [0.1, 0.15) is 27.6 Å². The molecule has 0 radical (unpaired) electrons. The van der Waals surface area contributed by atoms with Crippen LogP contribution >= 0.6 is 23.2 Å². The van der Waals surface area contributed by atoms with E-state index < -0.39 is 12.1 Å². The molecule has 0 N–H and O–H groups in total. The van der Waals surface area contributed by atoms with Crippen LogP contribution in [-0.2, 0) is 4.74 Å². The number of Topliss-reactive ketones (excluding diaryl/α,β-unsaturated/α-hetero) is 1. The summed E-state index contributed by atoms with van der Waals surface area (Å²) in [5.74, 6) is -0.386. The van der Waals surface area contributed by atoms with E-state index in [1.54, 1.807) is 36.4 Å². The highest BCUT2D eigenvalue weighted by Crippen LogP contribution is 2.26. The molecule has 4 nitrogen and oxygen atoms in total. The van der Waals surface area contributed by atoms with Crippen molar-refractivity contribution in [3.8, 4) is 5.75 Å². The summed E-state index contributed by atoms with van der Waals surface area (Å²) < 4.78 is 10.2. The minimum atomic E-state index is -0.953. The molecule has 0 aliphatic heterocycles. The second kappa shape index (κ2) is 7.49. The van der Waals surface area contributed by atoms with E-state index in [2.05, 4.69) is 0 Å². The van der Waals surface area contributed by atoms with Crippen molar-refractivity contribution < 1.29 is 19.1 Å². The van der Waals surface area contributed by atoms with Gasteiger partial charge in [0.15, 0.2) is 6.10 Å². The third-order valence-electron chi connectivity index (χ3n) is 3.20. The first-order valence-electron chi connectivity index (χ1n) is 6.77. The summed E-state index contributed by atoms with van der Waals surface area (Å²) >= 11 is 11.8. The molecule has 2 aromatic rings. The first-order valence-corrected chi connectivity index (χ1v) is 7.53. The summed E-state index contributed by atoms with van der Waals surface area (Å²) in [5.41, 5.74) is 0.539. The van der Waals surface area contributed by atoms with Crippen LogP contribution in [0.3, 0.4) is 0 Å². The lowest BCUT2D eigenvalue weighted by Gasteiger charge is -2.13. The zero-order valence-electron chi connectivity index (χ0n) is 12.5. The van der Waals surface area contributed by atoms with Crippen molar-refractivity contribution >= 4 is 35.0 Å². The summed E-state index contributed by atoms with van der Waals surface area (Å²) in [5, 5.41) is 0.346. The van der Waals surface area contributed by atoms with Gasteiger partial charge in [-0.25, -0.2) is 4.79 Å². The standard InChI is InChI=1S/C17H14Cl2O4/c1-10(16(20)11-6-8-12(22-2)9-7-11)23-17(21)13-4-3-5-14(18)15(13)19/h3-10H,1-2H3/t10-/m0/s1. The van der Waals surface area contributed by atoms with Crippen LogP contribution in [0.4, 0.5) is 0 Å². The Labute approximate surface area is 143 Å². The van der Waals surface area contributed by atoms with Gasteiger partial charge in [0.2, 0.25) is 5.78 Å². The molecule has 0 heterocycles. The molecule has 0 fully saturated rings. The Bertz CT molecular complexity index is 726. The van der Waals surface area contributed by atoms with Crippen molar-refractivity contribution in [1.82, 2.24) is 0 Å². The normalized spacial score (nSPS) is 11.7. The number of hydrogen-bond donors (Lipinski definition) is 0.